The molecule has 0 spiro atoms. The number of aromatic nitrogens is 3. The van der Waals surface area contributed by atoms with E-state index in [0.29, 0.717) is 10.6 Å². The molecule has 0 aliphatic rings. The number of halogens is 1. The van der Waals surface area contributed by atoms with E-state index in [1.807, 2.05) is 17.5 Å². The number of thiophene rings is 1. The molecule has 0 bridgehead atoms. The summed E-state index contributed by atoms with van der Waals surface area (Å²) in [6.45, 7) is 0. The van der Waals surface area contributed by atoms with Gasteiger partial charge in [0.2, 0.25) is 4.77 Å². The van der Waals surface area contributed by atoms with E-state index in [2.05, 4.69) is 15.3 Å². The average molecular weight is 304 g/mol. The highest BCUT2D eigenvalue weighted by atomic mass is 32.1. The second kappa shape index (κ2) is 5.48. The molecule has 0 saturated carbocycles. The summed E-state index contributed by atoms with van der Waals surface area (Å²) in [4.78, 5) is 1.01. The molecule has 2 heterocycles. The van der Waals surface area contributed by atoms with Crippen molar-refractivity contribution < 1.29 is 4.39 Å². The number of aromatic amines is 1. The minimum Gasteiger partial charge on any atom is -0.250 e. The van der Waals surface area contributed by atoms with E-state index in [9.17, 15) is 4.39 Å². The molecule has 3 rings (SSSR count). The Kier molecular flexibility index (Phi) is 3.53. The van der Waals surface area contributed by atoms with E-state index < -0.39 is 0 Å². The van der Waals surface area contributed by atoms with Gasteiger partial charge in [0.1, 0.15) is 5.82 Å². The number of nitrogens with zero attached hydrogens (tertiary/aromatic N) is 3. The summed E-state index contributed by atoms with van der Waals surface area (Å²) < 4.78 is 14.9. The van der Waals surface area contributed by atoms with E-state index in [0.717, 1.165) is 10.4 Å². The van der Waals surface area contributed by atoms with Gasteiger partial charge >= 0.3 is 0 Å². The average Bonchev–Trinajstić information content (AvgIpc) is 3.07. The lowest BCUT2D eigenvalue weighted by atomic mass is 10.2. The van der Waals surface area contributed by atoms with Crippen LogP contribution in [0.3, 0.4) is 0 Å². The molecule has 1 aromatic carbocycles. The molecule has 0 radical (unpaired) electrons. The monoisotopic (exact) mass is 304 g/mol. The van der Waals surface area contributed by atoms with Crippen molar-refractivity contribution >= 4 is 29.8 Å². The van der Waals surface area contributed by atoms with Crippen LogP contribution in [0.15, 0.2) is 46.9 Å². The zero-order valence-electron chi connectivity index (χ0n) is 10.2. The first kappa shape index (κ1) is 12.9. The molecular weight excluding hydrogens is 295 g/mol. The first-order valence-electron chi connectivity index (χ1n) is 5.75. The van der Waals surface area contributed by atoms with Gasteiger partial charge in [0, 0.05) is 10.4 Å². The Labute approximate surface area is 123 Å². The second-order valence-corrected chi connectivity index (χ2v) is 5.30. The molecule has 0 atom stereocenters. The molecule has 0 fully saturated rings. The SMILES string of the molecule is Fc1ccc(-c2n[nH]c(=S)n2N=Cc2cccs2)cc1. The molecule has 7 heteroatoms. The van der Waals surface area contributed by atoms with Gasteiger partial charge in [-0.1, -0.05) is 6.07 Å². The van der Waals surface area contributed by atoms with Crippen LogP contribution in [0.4, 0.5) is 4.39 Å². The van der Waals surface area contributed by atoms with Crippen molar-refractivity contribution in [2.75, 3.05) is 0 Å². The van der Waals surface area contributed by atoms with E-state index >= 15 is 0 Å². The van der Waals surface area contributed by atoms with Crippen molar-refractivity contribution in [3.8, 4) is 11.4 Å². The lowest BCUT2D eigenvalue weighted by Gasteiger charge is -2.00. The van der Waals surface area contributed by atoms with Crippen molar-refractivity contribution in [1.82, 2.24) is 14.9 Å². The highest BCUT2D eigenvalue weighted by Crippen LogP contribution is 2.17. The number of hydrogen-bond acceptors (Lipinski definition) is 4. The van der Waals surface area contributed by atoms with Crippen molar-refractivity contribution in [3.63, 3.8) is 0 Å². The molecule has 4 nitrogen and oxygen atoms in total. The number of rotatable bonds is 3. The van der Waals surface area contributed by atoms with Crippen LogP contribution in [0.1, 0.15) is 4.88 Å². The molecule has 3 aromatic rings. The zero-order valence-corrected chi connectivity index (χ0v) is 11.8. The summed E-state index contributed by atoms with van der Waals surface area (Å²) >= 11 is 6.73. The van der Waals surface area contributed by atoms with E-state index in [4.69, 9.17) is 12.2 Å². The van der Waals surface area contributed by atoms with Crippen molar-refractivity contribution in [2.45, 2.75) is 0 Å². The van der Waals surface area contributed by atoms with Crippen molar-refractivity contribution in [1.29, 1.82) is 0 Å². The summed E-state index contributed by atoms with van der Waals surface area (Å²) in [7, 11) is 0. The number of benzene rings is 1. The van der Waals surface area contributed by atoms with Crippen LogP contribution in [0.25, 0.3) is 11.4 Å². The summed E-state index contributed by atoms with van der Waals surface area (Å²) in [6.07, 6.45) is 1.71. The minimum atomic E-state index is -0.295. The first-order chi connectivity index (χ1) is 9.74. The van der Waals surface area contributed by atoms with Gasteiger partial charge in [0.15, 0.2) is 5.82 Å². The largest absolute Gasteiger partial charge is 0.250 e. The van der Waals surface area contributed by atoms with Gasteiger partial charge in [-0.05, 0) is 47.9 Å². The molecule has 1 N–H and O–H groups in total. The summed E-state index contributed by atoms with van der Waals surface area (Å²) in [5.41, 5.74) is 0.738. The van der Waals surface area contributed by atoms with Crippen LogP contribution in [-0.4, -0.2) is 21.1 Å². The van der Waals surface area contributed by atoms with Gasteiger partial charge in [-0.15, -0.1) is 11.3 Å². The smallest absolute Gasteiger partial charge is 0.216 e. The van der Waals surface area contributed by atoms with Crippen LogP contribution in [0.2, 0.25) is 0 Å². The summed E-state index contributed by atoms with van der Waals surface area (Å²) in [5.74, 6) is 0.249. The maximum atomic E-state index is 13.0. The quantitative estimate of drug-likeness (QED) is 0.592. The fourth-order valence-corrected chi connectivity index (χ4v) is 2.42. The van der Waals surface area contributed by atoms with Crippen LogP contribution in [-0.2, 0) is 0 Å². The van der Waals surface area contributed by atoms with Gasteiger partial charge in [-0.3, -0.25) is 0 Å². The van der Waals surface area contributed by atoms with Gasteiger partial charge < -0.3 is 0 Å². The molecule has 20 heavy (non-hydrogen) atoms. The van der Waals surface area contributed by atoms with Crippen molar-refractivity contribution in [2.24, 2.45) is 5.10 Å². The predicted octanol–water partition coefficient (Wildman–Crippen LogP) is 3.69. The van der Waals surface area contributed by atoms with E-state index in [1.165, 1.54) is 16.8 Å². The van der Waals surface area contributed by atoms with Gasteiger partial charge in [-0.2, -0.15) is 14.9 Å². The third-order valence-corrected chi connectivity index (χ3v) is 3.67. The Bertz CT molecular complexity index is 785. The lowest BCUT2D eigenvalue weighted by molar-refractivity contribution is 0.628. The molecule has 0 aliphatic carbocycles. The Balaban J connectivity index is 2.01. The molecule has 2 aromatic heterocycles. The molecular formula is C13H9FN4S2. The molecule has 0 amide bonds. The Morgan fingerprint density at radius 2 is 2.10 bits per heavy atom. The predicted molar refractivity (Wildman–Crippen MR) is 80.1 cm³/mol. The maximum absolute atomic E-state index is 13.0. The fourth-order valence-electron chi connectivity index (χ4n) is 1.66. The minimum absolute atomic E-state index is 0.295. The van der Waals surface area contributed by atoms with E-state index in [1.54, 1.807) is 29.7 Å². The number of hydrogen-bond donors (Lipinski definition) is 1. The standard InChI is InChI=1S/C13H9FN4S2/c14-10-5-3-9(4-6-10)12-16-17-13(19)18(12)15-8-11-2-1-7-20-11/h1-8H,(H,17,19). The highest BCUT2D eigenvalue weighted by Gasteiger charge is 2.07. The Hall–Kier alpha value is -2.12. The van der Waals surface area contributed by atoms with Crippen molar-refractivity contribution in [3.05, 3.63) is 57.2 Å². The normalized spacial score (nSPS) is 11.2. The van der Waals surface area contributed by atoms with E-state index in [-0.39, 0.29) is 5.82 Å². The number of nitrogens with one attached hydrogen (secondary N) is 1. The summed E-state index contributed by atoms with van der Waals surface area (Å²) in [6, 6.07) is 9.92. The topological polar surface area (TPSA) is 46.0 Å². The second-order valence-electron chi connectivity index (χ2n) is 3.93. The highest BCUT2D eigenvalue weighted by molar-refractivity contribution is 7.71. The van der Waals surface area contributed by atoms with Crippen LogP contribution >= 0.6 is 23.6 Å². The zero-order chi connectivity index (χ0) is 13.9. The Morgan fingerprint density at radius 3 is 2.80 bits per heavy atom. The fraction of sp³-hybridized carbons (Fsp3) is 0. The first-order valence-corrected chi connectivity index (χ1v) is 7.04. The third-order valence-electron chi connectivity index (χ3n) is 2.60. The molecule has 0 unspecified atom stereocenters. The Morgan fingerprint density at radius 1 is 1.30 bits per heavy atom. The van der Waals surface area contributed by atoms with Crippen LogP contribution in [0, 0.1) is 10.6 Å². The lowest BCUT2D eigenvalue weighted by Crippen LogP contribution is -1.94. The molecule has 0 saturated heterocycles. The molecule has 100 valence electrons. The van der Waals surface area contributed by atoms with Crippen LogP contribution in [0.5, 0.6) is 0 Å². The van der Waals surface area contributed by atoms with Crippen LogP contribution < -0.4 is 0 Å². The summed E-state index contributed by atoms with van der Waals surface area (Å²) in [5, 5.41) is 13.1. The number of H-pyrrole nitrogens is 1. The molecule has 0 aliphatic heterocycles. The third kappa shape index (κ3) is 2.59. The van der Waals surface area contributed by atoms with Gasteiger partial charge in [0.25, 0.3) is 0 Å². The van der Waals surface area contributed by atoms with Gasteiger partial charge in [-0.25, -0.2) is 9.49 Å². The maximum Gasteiger partial charge on any atom is 0.216 e. The van der Waals surface area contributed by atoms with Gasteiger partial charge in [0.05, 0.1) is 6.21 Å².